The van der Waals surface area contributed by atoms with E-state index in [9.17, 15) is 9.59 Å². The second-order valence-corrected chi connectivity index (χ2v) is 5.67. The zero-order valence-electron chi connectivity index (χ0n) is 15.7. The molecule has 0 radical (unpaired) electrons. The lowest BCUT2D eigenvalue weighted by Gasteiger charge is -2.23. The largest absolute Gasteiger partial charge is 0.490 e. The Morgan fingerprint density at radius 2 is 1.44 bits per heavy atom. The molecule has 1 aromatic carbocycles. The van der Waals surface area contributed by atoms with Gasteiger partial charge in [0, 0.05) is 5.56 Å². The van der Waals surface area contributed by atoms with Gasteiger partial charge < -0.3 is 24.3 Å². The monoisotopic (exact) mass is 353 g/mol. The molecule has 0 aliphatic carbocycles. The number of amides is 1. The molecule has 0 atom stereocenters. The summed E-state index contributed by atoms with van der Waals surface area (Å²) < 4.78 is 21.5. The number of hydrogen-bond donors (Lipinski definition) is 1. The van der Waals surface area contributed by atoms with Crippen molar-refractivity contribution in [3.05, 3.63) is 17.7 Å². The highest BCUT2D eigenvalue weighted by atomic mass is 16.5. The first-order chi connectivity index (χ1) is 11.8. The fraction of sp³-hybridized carbons (Fsp3) is 0.556. The third-order valence-electron chi connectivity index (χ3n) is 3.29. The van der Waals surface area contributed by atoms with Gasteiger partial charge >= 0.3 is 5.97 Å². The van der Waals surface area contributed by atoms with Gasteiger partial charge in [0.1, 0.15) is 5.54 Å². The van der Waals surface area contributed by atoms with Crippen molar-refractivity contribution in [3.63, 3.8) is 0 Å². The predicted octanol–water partition coefficient (Wildman–Crippen LogP) is 2.56. The van der Waals surface area contributed by atoms with Crippen molar-refractivity contribution in [1.82, 2.24) is 5.32 Å². The molecule has 140 valence electrons. The number of carbonyl (C=O) groups excluding carboxylic acids is 2. The van der Waals surface area contributed by atoms with Crippen LogP contribution in [0.4, 0.5) is 0 Å². The van der Waals surface area contributed by atoms with Gasteiger partial charge in [-0.2, -0.15) is 0 Å². The Hall–Kier alpha value is -2.44. The Morgan fingerprint density at radius 3 is 1.84 bits per heavy atom. The molecule has 0 saturated heterocycles. The lowest BCUT2D eigenvalue weighted by Crippen LogP contribution is -2.50. The third-order valence-corrected chi connectivity index (χ3v) is 3.29. The molecular weight excluding hydrogens is 326 g/mol. The van der Waals surface area contributed by atoms with Crippen LogP contribution in [-0.4, -0.2) is 44.3 Å². The Bertz CT molecular complexity index is 585. The topological polar surface area (TPSA) is 83.1 Å². The molecule has 1 amide bonds. The summed E-state index contributed by atoms with van der Waals surface area (Å²) in [5.74, 6) is 0.296. The maximum atomic E-state index is 12.6. The van der Waals surface area contributed by atoms with Gasteiger partial charge in [-0.15, -0.1) is 0 Å². The number of nitrogens with one attached hydrogen (secondary N) is 1. The molecular formula is C18H27NO6. The van der Waals surface area contributed by atoms with Gasteiger partial charge in [0.25, 0.3) is 5.91 Å². The van der Waals surface area contributed by atoms with Crippen molar-refractivity contribution in [2.75, 3.05) is 26.9 Å². The summed E-state index contributed by atoms with van der Waals surface area (Å²) in [4.78, 5) is 24.4. The van der Waals surface area contributed by atoms with Crippen LogP contribution in [0.15, 0.2) is 12.1 Å². The Balaban J connectivity index is 3.25. The highest BCUT2D eigenvalue weighted by Gasteiger charge is 2.31. The second-order valence-electron chi connectivity index (χ2n) is 5.67. The van der Waals surface area contributed by atoms with E-state index in [1.807, 2.05) is 20.8 Å². The standard InChI is InChI=1S/C18H27NO6/c1-7-23-13-10-12(11-14(24-8-2)15(13)25-9-3)16(20)19-18(4,5)17(21)22-6/h10-11H,7-9H2,1-6H3,(H,19,20). The van der Waals surface area contributed by atoms with E-state index in [4.69, 9.17) is 18.9 Å². The summed E-state index contributed by atoms with van der Waals surface area (Å²) in [6, 6.07) is 3.14. The van der Waals surface area contributed by atoms with E-state index in [-0.39, 0.29) is 0 Å². The average molecular weight is 353 g/mol. The summed E-state index contributed by atoms with van der Waals surface area (Å²) in [6.07, 6.45) is 0. The Morgan fingerprint density at radius 1 is 0.960 bits per heavy atom. The molecule has 0 bridgehead atoms. The molecule has 25 heavy (non-hydrogen) atoms. The van der Waals surface area contributed by atoms with Crippen LogP contribution in [-0.2, 0) is 9.53 Å². The molecule has 0 saturated carbocycles. The molecule has 1 N–H and O–H groups in total. The highest BCUT2D eigenvalue weighted by Crippen LogP contribution is 2.39. The van der Waals surface area contributed by atoms with Crippen molar-refractivity contribution < 1.29 is 28.5 Å². The minimum absolute atomic E-state index is 0.298. The molecule has 7 heteroatoms. The van der Waals surface area contributed by atoms with Crippen LogP contribution in [0, 0.1) is 0 Å². The Kier molecular flexibility index (Phi) is 7.54. The predicted molar refractivity (Wildman–Crippen MR) is 93.5 cm³/mol. The number of rotatable bonds is 9. The van der Waals surface area contributed by atoms with E-state index in [0.29, 0.717) is 42.6 Å². The second kappa shape index (κ2) is 9.15. The number of methoxy groups -OCH3 is 1. The lowest BCUT2D eigenvalue weighted by molar-refractivity contribution is -0.146. The molecule has 0 aliphatic heterocycles. The fourth-order valence-corrected chi connectivity index (χ4v) is 2.18. The van der Waals surface area contributed by atoms with Gasteiger partial charge in [0.2, 0.25) is 5.75 Å². The zero-order chi connectivity index (χ0) is 19.0. The lowest BCUT2D eigenvalue weighted by atomic mass is 10.0. The van der Waals surface area contributed by atoms with E-state index in [1.165, 1.54) is 7.11 Å². The number of esters is 1. The molecule has 0 spiro atoms. The number of ether oxygens (including phenoxy) is 4. The van der Waals surface area contributed by atoms with Crippen LogP contribution < -0.4 is 19.5 Å². The van der Waals surface area contributed by atoms with E-state index >= 15 is 0 Å². The number of carbonyl (C=O) groups is 2. The quantitative estimate of drug-likeness (QED) is 0.687. The van der Waals surface area contributed by atoms with E-state index in [2.05, 4.69) is 5.32 Å². The van der Waals surface area contributed by atoms with Crippen LogP contribution >= 0.6 is 0 Å². The number of hydrogen-bond acceptors (Lipinski definition) is 6. The van der Waals surface area contributed by atoms with Crippen molar-refractivity contribution in [1.29, 1.82) is 0 Å². The fourth-order valence-electron chi connectivity index (χ4n) is 2.18. The van der Waals surface area contributed by atoms with Gasteiger partial charge in [0.05, 0.1) is 26.9 Å². The van der Waals surface area contributed by atoms with Crippen LogP contribution in [0.1, 0.15) is 45.0 Å². The van der Waals surface area contributed by atoms with E-state index in [0.717, 1.165) is 0 Å². The van der Waals surface area contributed by atoms with Crippen molar-refractivity contribution in [2.24, 2.45) is 0 Å². The van der Waals surface area contributed by atoms with E-state index < -0.39 is 17.4 Å². The van der Waals surface area contributed by atoms with E-state index in [1.54, 1.807) is 26.0 Å². The molecule has 0 aromatic heterocycles. The third kappa shape index (κ3) is 5.27. The van der Waals surface area contributed by atoms with Crippen LogP contribution in [0.3, 0.4) is 0 Å². The summed E-state index contributed by atoms with van der Waals surface area (Å²) in [5, 5.41) is 2.65. The molecule has 0 unspecified atom stereocenters. The molecule has 0 fully saturated rings. The summed E-state index contributed by atoms with van der Waals surface area (Å²) in [6.45, 7) is 9.91. The minimum atomic E-state index is -1.16. The molecule has 0 aliphatic rings. The smallest absolute Gasteiger partial charge is 0.330 e. The normalized spacial score (nSPS) is 10.8. The van der Waals surface area contributed by atoms with Crippen LogP contribution in [0.5, 0.6) is 17.2 Å². The SMILES string of the molecule is CCOc1cc(C(=O)NC(C)(C)C(=O)OC)cc(OCC)c1OCC. The number of benzene rings is 1. The minimum Gasteiger partial charge on any atom is -0.490 e. The van der Waals surface area contributed by atoms with Gasteiger partial charge in [-0.3, -0.25) is 4.79 Å². The first kappa shape index (κ1) is 20.6. The summed E-state index contributed by atoms with van der Waals surface area (Å²) >= 11 is 0. The summed E-state index contributed by atoms with van der Waals surface area (Å²) in [7, 11) is 1.27. The van der Waals surface area contributed by atoms with Crippen molar-refractivity contribution in [3.8, 4) is 17.2 Å². The van der Waals surface area contributed by atoms with Crippen molar-refractivity contribution in [2.45, 2.75) is 40.2 Å². The maximum Gasteiger partial charge on any atom is 0.330 e. The highest BCUT2D eigenvalue weighted by molar-refractivity contribution is 5.99. The van der Waals surface area contributed by atoms with Gasteiger partial charge in [0.15, 0.2) is 11.5 Å². The molecule has 1 rings (SSSR count). The van der Waals surface area contributed by atoms with Gasteiger partial charge in [-0.25, -0.2) is 4.79 Å². The first-order valence-corrected chi connectivity index (χ1v) is 8.28. The molecule has 0 heterocycles. The Labute approximate surface area is 148 Å². The molecule has 7 nitrogen and oxygen atoms in total. The summed E-state index contributed by atoms with van der Waals surface area (Å²) in [5.41, 5.74) is -0.866. The van der Waals surface area contributed by atoms with Gasteiger partial charge in [-0.1, -0.05) is 0 Å². The van der Waals surface area contributed by atoms with Crippen LogP contribution in [0.25, 0.3) is 0 Å². The zero-order valence-corrected chi connectivity index (χ0v) is 15.7. The first-order valence-electron chi connectivity index (χ1n) is 8.28. The van der Waals surface area contributed by atoms with Crippen LogP contribution in [0.2, 0.25) is 0 Å². The van der Waals surface area contributed by atoms with Crippen molar-refractivity contribution >= 4 is 11.9 Å². The molecule has 1 aromatic rings. The van der Waals surface area contributed by atoms with Gasteiger partial charge in [-0.05, 0) is 46.8 Å². The average Bonchev–Trinajstić information content (AvgIpc) is 2.56. The maximum absolute atomic E-state index is 12.6.